The van der Waals surface area contributed by atoms with Crippen LogP contribution in [0.25, 0.3) is 0 Å². The van der Waals surface area contributed by atoms with E-state index in [0.717, 1.165) is 17.7 Å². The summed E-state index contributed by atoms with van der Waals surface area (Å²) in [5.74, 6) is 0.841. The Morgan fingerprint density at radius 3 is 2.21 bits per heavy atom. The van der Waals surface area contributed by atoms with E-state index in [-0.39, 0.29) is 17.9 Å². The molecule has 4 nitrogen and oxygen atoms in total. The van der Waals surface area contributed by atoms with Crippen LogP contribution in [0.3, 0.4) is 0 Å². The van der Waals surface area contributed by atoms with Gasteiger partial charge in [0.25, 0.3) is 0 Å². The molecule has 0 saturated heterocycles. The van der Waals surface area contributed by atoms with E-state index in [4.69, 9.17) is 23.2 Å². The lowest BCUT2D eigenvalue weighted by Gasteiger charge is -2.31. The van der Waals surface area contributed by atoms with Crippen LogP contribution < -0.4 is 5.32 Å². The molecule has 180 valence electrons. The minimum absolute atomic E-state index is 0.0485. The van der Waals surface area contributed by atoms with Crippen LogP contribution in [0.4, 0.5) is 0 Å². The Bertz CT molecular complexity index is 947. The minimum Gasteiger partial charge on any atom is -0.352 e. The second-order valence-electron chi connectivity index (χ2n) is 8.50. The van der Waals surface area contributed by atoms with E-state index in [2.05, 4.69) is 37.4 Å². The Hall–Kier alpha value is -1.69. The number of aryl methyl sites for hydroxylation is 2. The summed E-state index contributed by atoms with van der Waals surface area (Å²) in [5, 5.41) is 3.92. The maximum absolute atomic E-state index is 13.3. The molecular formula is C26H34Cl2N2O2S. The van der Waals surface area contributed by atoms with Gasteiger partial charge in [0, 0.05) is 18.3 Å². The van der Waals surface area contributed by atoms with Crippen LogP contribution in [-0.4, -0.2) is 34.6 Å². The second kappa shape index (κ2) is 13.3. The molecule has 2 amide bonds. The lowest BCUT2D eigenvalue weighted by atomic mass is 10.1. The average molecular weight is 510 g/mol. The molecule has 0 aliphatic heterocycles. The minimum atomic E-state index is -0.553. The van der Waals surface area contributed by atoms with Crippen molar-refractivity contribution in [2.24, 2.45) is 0 Å². The van der Waals surface area contributed by atoms with E-state index in [0.29, 0.717) is 28.8 Å². The van der Waals surface area contributed by atoms with Gasteiger partial charge in [0.1, 0.15) is 6.04 Å². The highest BCUT2D eigenvalue weighted by Gasteiger charge is 2.29. The Balaban J connectivity index is 2.18. The summed E-state index contributed by atoms with van der Waals surface area (Å²) in [6, 6.07) is 11.2. The fourth-order valence-electron chi connectivity index (χ4n) is 3.69. The lowest BCUT2D eigenvalue weighted by Crippen LogP contribution is -2.51. The fourth-order valence-corrected chi connectivity index (χ4v) is 4.85. The first-order valence-electron chi connectivity index (χ1n) is 11.3. The molecular weight excluding hydrogens is 475 g/mol. The summed E-state index contributed by atoms with van der Waals surface area (Å²) in [5.41, 5.74) is 4.46. The molecule has 2 aromatic rings. The highest BCUT2D eigenvalue weighted by Crippen LogP contribution is 2.25. The predicted octanol–water partition coefficient (Wildman–Crippen LogP) is 6.57. The van der Waals surface area contributed by atoms with Gasteiger partial charge in [0.05, 0.1) is 15.8 Å². The third kappa shape index (κ3) is 8.55. The summed E-state index contributed by atoms with van der Waals surface area (Å²) in [6.07, 6.45) is 1.35. The fraction of sp³-hybridized carbons (Fsp3) is 0.462. The second-order valence-corrected chi connectivity index (χ2v) is 10.3. The van der Waals surface area contributed by atoms with Crippen molar-refractivity contribution in [2.45, 2.75) is 71.8 Å². The first kappa shape index (κ1) is 27.6. The molecule has 0 fully saturated rings. The van der Waals surface area contributed by atoms with Crippen molar-refractivity contribution < 1.29 is 9.59 Å². The van der Waals surface area contributed by atoms with Gasteiger partial charge in [-0.25, -0.2) is 0 Å². The highest BCUT2D eigenvalue weighted by molar-refractivity contribution is 7.99. The molecule has 0 aliphatic carbocycles. The normalized spacial score (nSPS) is 12.8. The van der Waals surface area contributed by atoms with Crippen LogP contribution in [0.1, 0.15) is 55.9 Å². The van der Waals surface area contributed by atoms with Crippen molar-refractivity contribution >= 4 is 46.8 Å². The van der Waals surface area contributed by atoms with Crippen molar-refractivity contribution in [1.29, 1.82) is 0 Å². The van der Waals surface area contributed by atoms with E-state index < -0.39 is 6.04 Å². The van der Waals surface area contributed by atoms with Gasteiger partial charge in [-0.1, -0.05) is 72.4 Å². The molecule has 0 saturated carbocycles. The van der Waals surface area contributed by atoms with Gasteiger partial charge in [-0.15, -0.1) is 11.8 Å². The molecule has 1 N–H and O–H groups in total. The van der Waals surface area contributed by atoms with Gasteiger partial charge in [-0.05, 0) is 56.9 Å². The van der Waals surface area contributed by atoms with E-state index in [9.17, 15) is 9.59 Å². The van der Waals surface area contributed by atoms with Gasteiger partial charge < -0.3 is 10.2 Å². The molecule has 0 aromatic heterocycles. The number of nitrogens with zero attached hydrogens (tertiary/aromatic N) is 1. The number of halogens is 2. The maximum Gasteiger partial charge on any atom is 0.243 e. The molecule has 33 heavy (non-hydrogen) atoms. The number of thioether (sulfide) groups is 1. The summed E-state index contributed by atoms with van der Waals surface area (Å²) < 4.78 is 0. The molecule has 2 atom stereocenters. The first-order valence-corrected chi connectivity index (χ1v) is 13.2. The van der Waals surface area contributed by atoms with Crippen molar-refractivity contribution in [2.75, 3.05) is 5.75 Å². The van der Waals surface area contributed by atoms with Crippen molar-refractivity contribution in [1.82, 2.24) is 10.2 Å². The number of amides is 2. The van der Waals surface area contributed by atoms with E-state index in [1.165, 1.54) is 16.7 Å². The summed E-state index contributed by atoms with van der Waals surface area (Å²) in [4.78, 5) is 28.0. The first-order chi connectivity index (χ1) is 15.6. The van der Waals surface area contributed by atoms with Crippen LogP contribution >= 0.6 is 35.0 Å². The summed E-state index contributed by atoms with van der Waals surface area (Å²) in [6.45, 7) is 10.4. The molecule has 0 heterocycles. The zero-order chi connectivity index (χ0) is 24.5. The topological polar surface area (TPSA) is 49.4 Å². The Kier molecular flexibility index (Phi) is 11.1. The van der Waals surface area contributed by atoms with Gasteiger partial charge in [0.15, 0.2) is 0 Å². The molecule has 0 radical (unpaired) electrons. The molecule has 0 bridgehead atoms. The number of benzene rings is 2. The third-order valence-corrected chi connectivity index (χ3v) is 7.23. The smallest absolute Gasteiger partial charge is 0.243 e. The number of hydrogen-bond acceptors (Lipinski definition) is 3. The van der Waals surface area contributed by atoms with Crippen molar-refractivity contribution in [3.63, 3.8) is 0 Å². The number of hydrogen-bond donors (Lipinski definition) is 1. The van der Waals surface area contributed by atoms with Crippen molar-refractivity contribution in [3.05, 3.63) is 68.7 Å². The Labute approximate surface area is 212 Å². The van der Waals surface area contributed by atoms with Gasteiger partial charge in [0.2, 0.25) is 11.8 Å². The molecule has 2 aromatic carbocycles. The van der Waals surface area contributed by atoms with E-state index in [1.807, 2.05) is 26.8 Å². The van der Waals surface area contributed by atoms with E-state index >= 15 is 0 Å². The van der Waals surface area contributed by atoms with Crippen LogP contribution in [0.15, 0.2) is 36.4 Å². The van der Waals surface area contributed by atoms with Crippen LogP contribution in [0.2, 0.25) is 10.0 Å². The van der Waals surface area contributed by atoms with Crippen LogP contribution in [0, 0.1) is 13.8 Å². The van der Waals surface area contributed by atoms with Crippen LogP contribution in [0.5, 0.6) is 0 Å². The molecule has 2 rings (SSSR count). The molecule has 0 aliphatic rings. The molecule has 0 unspecified atom stereocenters. The number of carbonyl (C=O) groups is 2. The maximum atomic E-state index is 13.3. The molecule has 0 spiro atoms. The number of nitrogens with one attached hydrogen (secondary N) is 1. The zero-order valence-electron chi connectivity index (χ0n) is 20.1. The quantitative estimate of drug-likeness (QED) is 0.373. The lowest BCUT2D eigenvalue weighted by molar-refractivity contribution is -0.139. The highest BCUT2D eigenvalue weighted by atomic mass is 35.5. The predicted molar refractivity (Wildman–Crippen MR) is 141 cm³/mol. The molecule has 7 heteroatoms. The Morgan fingerprint density at radius 1 is 0.970 bits per heavy atom. The number of rotatable bonds is 11. The average Bonchev–Trinajstić information content (AvgIpc) is 2.75. The van der Waals surface area contributed by atoms with Crippen molar-refractivity contribution in [3.8, 4) is 0 Å². The monoisotopic (exact) mass is 508 g/mol. The number of carbonyl (C=O) groups excluding carboxylic acids is 2. The van der Waals surface area contributed by atoms with Gasteiger partial charge >= 0.3 is 0 Å². The summed E-state index contributed by atoms with van der Waals surface area (Å²) in [7, 11) is 0. The van der Waals surface area contributed by atoms with Gasteiger partial charge in [-0.2, -0.15) is 0 Å². The van der Waals surface area contributed by atoms with E-state index in [1.54, 1.807) is 28.8 Å². The third-order valence-electron chi connectivity index (χ3n) is 5.50. The Morgan fingerprint density at radius 2 is 1.64 bits per heavy atom. The standard InChI is InChI=1S/C26H34Cl2N2O2S/c1-6-19(5)29-26(32)24(7-2)30(14-20-8-9-22(27)23(28)13-20)25(31)16-33-15-21-11-17(3)10-18(4)12-21/h8-13,19,24H,6-7,14-16H2,1-5H3,(H,29,32)/t19-,24+/m0/s1. The largest absolute Gasteiger partial charge is 0.352 e. The van der Waals surface area contributed by atoms with Crippen LogP contribution in [-0.2, 0) is 21.9 Å². The SMILES string of the molecule is CC[C@H](C(=O)N[C@@H](C)CC)N(Cc1ccc(Cl)c(Cl)c1)C(=O)CSCc1cc(C)cc(C)c1. The van der Waals surface area contributed by atoms with Gasteiger partial charge in [-0.3, -0.25) is 9.59 Å². The zero-order valence-corrected chi connectivity index (χ0v) is 22.4. The summed E-state index contributed by atoms with van der Waals surface area (Å²) >= 11 is 13.8.